The fourth-order valence-electron chi connectivity index (χ4n) is 3.32. The molecule has 1 saturated heterocycles. The lowest BCUT2D eigenvalue weighted by Gasteiger charge is -2.34. The van der Waals surface area contributed by atoms with Crippen LogP contribution in [-0.4, -0.2) is 56.0 Å². The quantitative estimate of drug-likeness (QED) is 0.660. The first-order valence-electron chi connectivity index (χ1n) is 10.1. The normalized spacial score (nSPS) is 20.4. The molecule has 8 nitrogen and oxygen atoms in total. The van der Waals surface area contributed by atoms with Gasteiger partial charge in [-0.1, -0.05) is 12.1 Å². The van der Waals surface area contributed by atoms with Crippen LogP contribution in [0.4, 0.5) is 10.1 Å². The van der Waals surface area contributed by atoms with Crippen molar-refractivity contribution < 1.29 is 31.9 Å². The van der Waals surface area contributed by atoms with Crippen LogP contribution in [-0.2, 0) is 24.3 Å². The van der Waals surface area contributed by atoms with Crippen molar-refractivity contribution in [3.05, 3.63) is 59.9 Å². The monoisotopic (exact) mass is 464 g/mol. The van der Waals surface area contributed by atoms with E-state index >= 15 is 0 Å². The van der Waals surface area contributed by atoms with Crippen LogP contribution in [0.1, 0.15) is 31.1 Å². The lowest BCUT2D eigenvalue weighted by molar-refractivity contribution is -0.123. The molecule has 2 aromatic rings. The van der Waals surface area contributed by atoms with Gasteiger partial charge in [-0.3, -0.25) is 4.79 Å². The van der Waals surface area contributed by atoms with E-state index in [0.717, 1.165) is 0 Å². The number of ether oxygens (including phenoxy) is 2. The molecule has 2 aromatic carbocycles. The summed E-state index contributed by atoms with van der Waals surface area (Å²) in [5.74, 6) is -2.11. The molecule has 0 aliphatic carbocycles. The molecule has 0 spiro atoms. The molecule has 0 aromatic heterocycles. The van der Waals surface area contributed by atoms with Crippen molar-refractivity contribution in [1.82, 2.24) is 4.31 Å². The van der Waals surface area contributed by atoms with E-state index in [1.807, 2.05) is 0 Å². The summed E-state index contributed by atoms with van der Waals surface area (Å²) in [7, 11) is -3.74. The summed E-state index contributed by atoms with van der Waals surface area (Å²) in [6.45, 7) is 5.45. The van der Waals surface area contributed by atoms with Crippen LogP contribution in [0.2, 0.25) is 0 Å². The Balaban J connectivity index is 1.64. The third-order valence-electron chi connectivity index (χ3n) is 4.90. The maximum absolute atomic E-state index is 13.7. The Morgan fingerprint density at radius 1 is 1.09 bits per heavy atom. The summed E-state index contributed by atoms with van der Waals surface area (Å²) < 4.78 is 51.5. The van der Waals surface area contributed by atoms with Gasteiger partial charge in [0, 0.05) is 13.1 Å². The lowest BCUT2D eigenvalue weighted by atomic mass is 10.2. The van der Waals surface area contributed by atoms with E-state index in [9.17, 15) is 22.4 Å². The summed E-state index contributed by atoms with van der Waals surface area (Å²) >= 11 is 0. The first kappa shape index (κ1) is 23.8. The number of anilines is 1. The van der Waals surface area contributed by atoms with Gasteiger partial charge < -0.3 is 14.8 Å². The summed E-state index contributed by atoms with van der Waals surface area (Å²) in [6, 6.07) is 10.9. The molecule has 32 heavy (non-hydrogen) atoms. The number of esters is 1. The number of morpholine rings is 1. The first-order valence-corrected chi connectivity index (χ1v) is 11.5. The number of para-hydroxylation sites is 1. The summed E-state index contributed by atoms with van der Waals surface area (Å²) in [4.78, 5) is 24.6. The zero-order chi connectivity index (χ0) is 23.5. The van der Waals surface area contributed by atoms with Crippen molar-refractivity contribution in [2.45, 2.75) is 44.0 Å². The summed E-state index contributed by atoms with van der Waals surface area (Å²) in [6.07, 6.45) is -1.64. The average molecular weight is 465 g/mol. The highest BCUT2D eigenvalue weighted by Gasteiger charge is 2.32. The first-order chi connectivity index (χ1) is 15.1. The van der Waals surface area contributed by atoms with E-state index in [1.54, 1.807) is 19.9 Å². The Morgan fingerprint density at radius 3 is 2.28 bits per heavy atom. The summed E-state index contributed by atoms with van der Waals surface area (Å²) in [5, 5.41) is 2.35. The van der Waals surface area contributed by atoms with Gasteiger partial charge in [-0.2, -0.15) is 4.31 Å². The zero-order valence-corrected chi connectivity index (χ0v) is 18.8. The molecule has 1 N–H and O–H groups in total. The number of hydrogen-bond donors (Lipinski definition) is 1. The minimum absolute atomic E-state index is 0.0262. The average Bonchev–Trinajstić information content (AvgIpc) is 2.74. The molecular formula is C22H25FN2O6S. The summed E-state index contributed by atoms with van der Waals surface area (Å²) in [5.41, 5.74) is 0.0555. The van der Waals surface area contributed by atoms with Crippen molar-refractivity contribution in [3.63, 3.8) is 0 Å². The largest absolute Gasteiger partial charge is 0.449 e. The van der Waals surface area contributed by atoms with Gasteiger partial charge in [0.2, 0.25) is 10.0 Å². The van der Waals surface area contributed by atoms with E-state index in [1.165, 1.54) is 53.7 Å². The number of benzene rings is 2. The predicted molar refractivity (Wildman–Crippen MR) is 115 cm³/mol. The van der Waals surface area contributed by atoms with Crippen LogP contribution in [0.5, 0.6) is 0 Å². The molecule has 1 aliphatic rings. The predicted octanol–water partition coefficient (Wildman–Crippen LogP) is 2.81. The number of hydrogen-bond acceptors (Lipinski definition) is 6. The van der Waals surface area contributed by atoms with E-state index < -0.39 is 33.8 Å². The van der Waals surface area contributed by atoms with Gasteiger partial charge in [0.15, 0.2) is 6.10 Å². The molecular weight excluding hydrogens is 439 g/mol. The Hall–Kier alpha value is -2.82. The number of nitrogens with one attached hydrogen (secondary N) is 1. The third-order valence-corrected chi connectivity index (χ3v) is 6.74. The van der Waals surface area contributed by atoms with Crippen molar-refractivity contribution >= 4 is 27.6 Å². The number of rotatable bonds is 6. The van der Waals surface area contributed by atoms with E-state index in [0.29, 0.717) is 0 Å². The molecule has 1 amide bonds. The van der Waals surface area contributed by atoms with Crippen LogP contribution < -0.4 is 5.32 Å². The molecule has 0 saturated carbocycles. The number of nitrogens with zero attached hydrogens (tertiary/aromatic N) is 1. The van der Waals surface area contributed by atoms with Gasteiger partial charge in [-0.05, 0) is 57.2 Å². The molecule has 0 bridgehead atoms. The molecule has 172 valence electrons. The number of carbonyl (C=O) groups is 2. The van der Waals surface area contributed by atoms with Crippen molar-refractivity contribution in [3.8, 4) is 0 Å². The van der Waals surface area contributed by atoms with Gasteiger partial charge in [-0.25, -0.2) is 17.6 Å². The molecule has 3 rings (SSSR count). The highest BCUT2D eigenvalue weighted by molar-refractivity contribution is 7.89. The van der Waals surface area contributed by atoms with E-state index in [2.05, 4.69) is 5.32 Å². The van der Waals surface area contributed by atoms with Gasteiger partial charge in [-0.15, -0.1) is 0 Å². The highest BCUT2D eigenvalue weighted by atomic mass is 32.2. The number of amides is 1. The Morgan fingerprint density at radius 2 is 1.69 bits per heavy atom. The van der Waals surface area contributed by atoms with Crippen molar-refractivity contribution in [2.75, 3.05) is 18.4 Å². The number of halogens is 1. The highest BCUT2D eigenvalue weighted by Crippen LogP contribution is 2.22. The maximum Gasteiger partial charge on any atom is 0.338 e. The van der Waals surface area contributed by atoms with Gasteiger partial charge >= 0.3 is 5.97 Å². The SMILES string of the molecule is CC1CN(S(=O)(=O)c2ccc(C(=O)OC(C)C(=O)Nc3ccccc3F)cc2)CC(C)O1. The van der Waals surface area contributed by atoms with Gasteiger partial charge in [0.05, 0.1) is 28.4 Å². The standard InChI is InChI=1S/C22H25FN2O6S/c1-14-12-25(13-15(2)30-14)32(28,29)18-10-8-17(9-11-18)22(27)31-16(3)21(26)24-20-7-5-4-6-19(20)23/h4-11,14-16H,12-13H2,1-3H3,(H,24,26). The molecule has 3 unspecified atom stereocenters. The second kappa shape index (κ2) is 9.76. The molecule has 3 atom stereocenters. The Kier molecular flexibility index (Phi) is 7.27. The Bertz CT molecular complexity index is 1080. The lowest BCUT2D eigenvalue weighted by Crippen LogP contribution is -2.48. The van der Waals surface area contributed by atoms with E-state index in [4.69, 9.17) is 9.47 Å². The zero-order valence-electron chi connectivity index (χ0n) is 17.9. The molecule has 1 aliphatic heterocycles. The van der Waals surface area contributed by atoms with Crippen LogP contribution in [0.3, 0.4) is 0 Å². The second-order valence-electron chi connectivity index (χ2n) is 7.62. The fraction of sp³-hybridized carbons (Fsp3) is 0.364. The minimum atomic E-state index is -3.74. The second-order valence-corrected chi connectivity index (χ2v) is 9.56. The number of carbonyl (C=O) groups excluding carboxylic acids is 2. The molecule has 1 heterocycles. The van der Waals surface area contributed by atoms with E-state index in [-0.39, 0.29) is 41.4 Å². The van der Waals surface area contributed by atoms with Gasteiger partial charge in [0.1, 0.15) is 5.82 Å². The van der Waals surface area contributed by atoms with Crippen molar-refractivity contribution in [2.24, 2.45) is 0 Å². The minimum Gasteiger partial charge on any atom is -0.449 e. The topological polar surface area (TPSA) is 102 Å². The number of sulfonamides is 1. The molecule has 10 heteroatoms. The maximum atomic E-state index is 13.7. The molecule has 0 radical (unpaired) electrons. The van der Waals surface area contributed by atoms with Crippen LogP contribution in [0.25, 0.3) is 0 Å². The smallest absolute Gasteiger partial charge is 0.338 e. The Labute approximate surface area is 186 Å². The van der Waals surface area contributed by atoms with Crippen molar-refractivity contribution in [1.29, 1.82) is 0 Å². The van der Waals surface area contributed by atoms with Crippen LogP contribution in [0.15, 0.2) is 53.4 Å². The van der Waals surface area contributed by atoms with Crippen LogP contribution >= 0.6 is 0 Å². The van der Waals surface area contributed by atoms with Crippen LogP contribution in [0, 0.1) is 5.82 Å². The fourth-order valence-corrected chi connectivity index (χ4v) is 4.91. The molecule has 1 fully saturated rings. The third kappa shape index (κ3) is 5.50. The van der Waals surface area contributed by atoms with Gasteiger partial charge in [0.25, 0.3) is 5.91 Å².